The number of rotatable bonds is 17. The van der Waals surface area contributed by atoms with Crippen molar-refractivity contribution in [2.24, 2.45) is 0 Å². The predicted molar refractivity (Wildman–Crippen MR) is 268 cm³/mol. The molecular formula is C50H63I2N7O8S3. The average Bonchev–Trinajstić information content (AvgIpc) is 3.92. The van der Waals surface area contributed by atoms with E-state index in [0.29, 0.717) is 80.3 Å². The Morgan fingerprint density at radius 1 is 0.614 bits per heavy atom. The Balaban J connectivity index is 0.00000402. The first-order valence-electron chi connectivity index (χ1n) is 22.9. The molecule has 0 bridgehead atoms. The predicted octanol–water partition coefficient (Wildman–Crippen LogP) is 0.0679. The lowest BCUT2D eigenvalue weighted by Gasteiger charge is -2.31. The molecule has 0 aliphatic carbocycles. The van der Waals surface area contributed by atoms with Crippen LogP contribution in [0.3, 0.4) is 0 Å². The first-order valence-corrected chi connectivity index (χ1v) is 27.2. The number of hydrogen-bond donors (Lipinski definition) is 2. The maximum atomic E-state index is 14.1. The molecule has 5 aromatic carbocycles. The molecule has 378 valence electrons. The molecule has 0 radical (unpaired) electrons. The Hall–Kier alpha value is -3.88. The van der Waals surface area contributed by atoms with Crippen molar-refractivity contribution in [1.82, 2.24) is 13.7 Å². The van der Waals surface area contributed by atoms with Gasteiger partial charge in [-0.05, 0) is 94.3 Å². The molecule has 5 aromatic rings. The van der Waals surface area contributed by atoms with Gasteiger partial charge in [0.15, 0.2) is 0 Å². The molecule has 3 aliphatic rings. The highest BCUT2D eigenvalue weighted by Gasteiger charge is 2.36. The number of nitrogens with one attached hydrogen (secondary N) is 2. The van der Waals surface area contributed by atoms with E-state index in [-0.39, 0.29) is 52.8 Å². The van der Waals surface area contributed by atoms with Crippen LogP contribution < -0.4 is 70.7 Å². The van der Waals surface area contributed by atoms with E-state index in [1.807, 2.05) is 72.8 Å². The van der Waals surface area contributed by atoms with Crippen LogP contribution in [-0.4, -0.2) is 133 Å². The molecular weight excluding hydrogens is 1180 g/mol. The monoisotopic (exact) mass is 1240 g/mol. The second-order valence-electron chi connectivity index (χ2n) is 19.9. The third kappa shape index (κ3) is 11.8. The number of quaternary nitrogens is 2. The molecule has 0 saturated carbocycles. The summed E-state index contributed by atoms with van der Waals surface area (Å²) in [7, 11) is 1.96. The van der Waals surface area contributed by atoms with Gasteiger partial charge >= 0.3 is 20.4 Å². The van der Waals surface area contributed by atoms with Crippen LogP contribution in [0.5, 0.6) is 11.5 Å². The summed E-state index contributed by atoms with van der Waals surface area (Å²) in [5.74, 6) is -0.220. The van der Waals surface area contributed by atoms with Gasteiger partial charge in [-0.25, -0.2) is 12.7 Å². The molecule has 3 aliphatic heterocycles. The van der Waals surface area contributed by atoms with Gasteiger partial charge in [0.2, 0.25) is 5.91 Å². The molecule has 2 N–H and O–H groups in total. The van der Waals surface area contributed by atoms with E-state index in [4.69, 9.17) is 4.74 Å². The molecule has 0 saturated heterocycles. The quantitative estimate of drug-likeness (QED) is 0.0738. The molecule has 0 unspecified atom stereocenters. The van der Waals surface area contributed by atoms with E-state index in [1.54, 1.807) is 18.2 Å². The molecule has 20 heteroatoms. The maximum Gasteiger partial charge on any atom is 0.301 e. The van der Waals surface area contributed by atoms with Crippen molar-refractivity contribution in [1.29, 1.82) is 0 Å². The first-order chi connectivity index (χ1) is 31.9. The minimum atomic E-state index is -4.25. The molecule has 0 spiro atoms. The lowest BCUT2D eigenvalue weighted by atomic mass is 9.81. The van der Waals surface area contributed by atoms with E-state index in [0.717, 1.165) is 70.9 Å². The zero-order chi connectivity index (χ0) is 49.0. The molecule has 0 aromatic heterocycles. The van der Waals surface area contributed by atoms with E-state index in [2.05, 4.69) is 51.7 Å². The zero-order valence-electron chi connectivity index (χ0n) is 40.9. The molecule has 1 amide bonds. The van der Waals surface area contributed by atoms with Crippen LogP contribution in [0.15, 0.2) is 102 Å². The van der Waals surface area contributed by atoms with E-state index >= 15 is 0 Å². The van der Waals surface area contributed by atoms with Crippen LogP contribution in [0.1, 0.15) is 53.5 Å². The van der Waals surface area contributed by atoms with Crippen molar-refractivity contribution in [3.05, 3.63) is 125 Å². The second-order valence-corrected chi connectivity index (χ2v) is 25.2. The van der Waals surface area contributed by atoms with Gasteiger partial charge in [-0.15, -0.1) is 0 Å². The lowest BCUT2D eigenvalue weighted by Crippen LogP contribution is -3.00. The number of amides is 1. The SMILES string of the molecule is CC(=O)N(C)S(=O)(=O)c1ccccc1C1c2ccc(-c3ccc4c(c3)CCN4S(=O)(=O)NCCC[N+](C)(C)C)cc2Oc2cc(-c3ccc4c(c3)CCN4S(=O)(=O)NCCC[N+](C)(C)C)ccc21.[I-].[I-]. The Kier molecular flexibility index (Phi) is 16.9. The fourth-order valence-corrected chi connectivity index (χ4v) is 13.3. The summed E-state index contributed by atoms with van der Waals surface area (Å²) >= 11 is 0. The largest absolute Gasteiger partial charge is 1.00 e. The van der Waals surface area contributed by atoms with Crippen molar-refractivity contribution < 1.29 is 91.7 Å². The third-order valence-electron chi connectivity index (χ3n) is 12.9. The summed E-state index contributed by atoms with van der Waals surface area (Å²) in [6.07, 6.45) is 2.52. The zero-order valence-corrected chi connectivity index (χ0v) is 47.6. The fraction of sp³-hybridized carbons (Fsp3) is 0.380. The summed E-state index contributed by atoms with van der Waals surface area (Å²) in [6.45, 7) is 4.24. The standard InChI is InChI=1S/C50H63N7O8S3.2HI/c1-35(58)53(2)66(59,60)49-14-10-9-13-44(49)50-42-19-15-38(36-17-21-45-40(31-36)23-27-54(45)67(61,62)51-25-11-29-56(3,4)5)33-47(42)65-48-34-39(16-20-43(48)50)37-18-22-46-41(32-37)24-28-55(46)68(63,64)52-26-12-30-57(6,7)8;;/h9-10,13-22,31-34,50-52H,11-12,23-30H2,1-8H3;2*1H/q+2;;/p-2. The van der Waals surface area contributed by atoms with Gasteiger partial charge in [-0.3, -0.25) is 13.4 Å². The summed E-state index contributed by atoms with van der Waals surface area (Å²) in [4.78, 5) is 12.5. The smallest absolute Gasteiger partial charge is 0.301 e. The highest BCUT2D eigenvalue weighted by atomic mass is 127. The number of benzene rings is 5. The van der Waals surface area contributed by atoms with Gasteiger partial charge < -0.3 is 61.7 Å². The molecule has 8 rings (SSSR count). The van der Waals surface area contributed by atoms with Crippen molar-refractivity contribution in [3.63, 3.8) is 0 Å². The van der Waals surface area contributed by atoms with Crippen molar-refractivity contribution in [3.8, 4) is 33.8 Å². The van der Waals surface area contributed by atoms with Crippen molar-refractivity contribution in [2.75, 3.05) is 97.2 Å². The molecule has 0 fully saturated rings. The van der Waals surface area contributed by atoms with Gasteiger partial charge in [-0.2, -0.15) is 26.3 Å². The summed E-state index contributed by atoms with van der Waals surface area (Å²) < 4.78 is 99.3. The Morgan fingerprint density at radius 2 is 1.03 bits per heavy atom. The van der Waals surface area contributed by atoms with Gasteiger partial charge in [0.05, 0.1) is 71.6 Å². The van der Waals surface area contributed by atoms with Crippen LogP contribution in [0, 0.1) is 0 Å². The number of halogens is 2. The van der Waals surface area contributed by atoms with Crippen LogP contribution in [0.4, 0.5) is 11.4 Å². The van der Waals surface area contributed by atoms with Crippen molar-refractivity contribution in [2.45, 2.75) is 43.4 Å². The number of carbonyl (C=O) groups excluding carboxylic acids is 1. The minimum Gasteiger partial charge on any atom is -1.00 e. The Morgan fingerprint density at radius 3 is 1.46 bits per heavy atom. The van der Waals surface area contributed by atoms with Crippen LogP contribution in [0.25, 0.3) is 22.3 Å². The normalized spacial score (nSPS) is 14.7. The Bertz CT molecular complexity index is 2960. The number of carbonyl (C=O) groups is 1. The molecule has 15 nitrogen and oxygen atoms in total. The maximum absolute atomic E-state index is 14.1. The molecule has 0 atom stereocenters. The first kappa shape index (κ1) is 55.4. The van der Waals surface area contributed by atoms with Gasteiger partial charge in [-0.1, -0.05) is 54.6 Å². The summed E-state index contributed by atoms with van der Waals surface area (Å²) in [5, 5.41) is 0. The minimum absolute atomic E-state index is 0. The van der Waals surface area contributed by atoms with Gasteiger partial charge in [0, 0.05) is 70.0 Å². The van der Waals surface area contributed by atoms with E-state index in [1.165, 1.54) is 28.6 Å². The topological polar surface area (TPSA) is 162 Å². The number of nitrogens with zero attached hydrogens (tertiary/aromatic N) is 5. The van der Waals surface area contributed by atoms with E-state index in [9.17, 15) is 30.0 Å². The summed E-state index contributed by atoms with van der Waals surface area (Å²) in [5.41, 5.74) is 8.38. The Labute approximate surface area is 448 Å². The number of anilines is 2. The van der Waals surface area contributed by atoms with Gasteiger partial charge in [0.1, 0.15) is 11.5 Å². The van der Waals surface area contributed by atoms with Gasteiger partial charge in [0.25, 0.3) is 10.0 Å². The van der Waals surface area contributed by atoms with E-state index < -0.39 is 42.3 Å². The number of hydrogen-bond acceptors (Lipinski definition) is 8. The lowest BCUT2D eigenvalue weighted by molar-refractivity contribution is -0.870. The van der Waals surface area contributed by atoms with Crippen LogP contribution >= 0.6 is 0 Å². The summed E-state index contributed by atoms with van der Waals surface area (Å²) in [6, 6.07) is 29.9. The second kappa shape index (κ2) is 21.3. The highest BCUT2D eigenvalue weighted by Crippen LogP contribution is 2.51. The van der Waals surface area contributed by atoms with Crippen LogP contribution in [-0.2, 0) is 48.1 Å². The highest BCUT2D eigenvalue weighted by molar-refractivity contribution is 7.91. The number of sulfonamides is 1. The molecule has 3 heterocycles. The fourth-order valence-electron chi connectivity index (χ4n) is 9.24. The van der Waals surface area contributed by atoms with Crippen LogP contribution in [0.2, 0.25) is 0 Å². The molecule has 70 heavy (non-hydrogen) atoms. The average molecular weight is 1240 g/mol. The number of fused-ring (bicyclic) bond motifs is 4. The van der Waals surface area contributed by atoms with Crippen molar-refractivity contribution >= 4 is 47.7 Å². The number of ether oxygens (including phenoxy) is 1. The third-order valence-corrected chi connectivity index (χ3v) is 17.8.